The number of aliphatic hydroxyl groups is 5. The Hall–Kier alpha value is -0.320. The van der Waals surface area contributed by atoms with Crippen LogP contribution in [-0.2, 0) is 9.47 Å². The fraction of sp³-hybridized carbons (Fsp3) is 1.00. The maximum atomic E-state index is 10.5. The first-order chi connectivity index (χ1) is 15.8. The minimum absolute atomic E-state index is 0.0153. The van der Waals surface area contributed by atoms with Crippen LogP contribution < -0.4 is 5.73 Å². The van der Waals surface area contributed by atoms with Gasteiger partial charge < -0.3 is 40.7 Å². The molecule has 0 saturated carbocycles. The van der Waals surface area contributed by atoms with Crippen molar-refractivity contribution in [3.8, 4) is 0 Å². The van der Waals surface area contributed by atoms with Gasteiger partial charge in [0.05, 0.1) is 25.4 Å². The van der Waals surface area contributed by atoms with Gasteiger partial charge in [0.15, 0.2) is 6.29 Å². The zero-order valence-corrected chi connectivity index (χ0v) is 20.9. The molecule has 0 amide bonds. The average molecular weight is 478 g/mol. The number of hydrogen-bond acceptors (Lipinski definition) is 8. The first-order valence-corrected chi connectivity index (χ1v) is 13.2. The summed E-state index contributed by atoms with van der Waals surface area (Å²) < 4.78 is 10.8. The molecule has 1 rings (SSSR count). The van der Waals surface area contributed by atoms with Crippen LogP contribution in [0.15, 0.2) is 0 Å². The van der Waals surface area contributed by atoms with Gasteiger partial charge in [-0.15, -0.1) is 0 Å². The molecule has 33 heavy (non-hydrogen) atoms. The van der Waals surface area contributed by atoms with Gasteiger partial charge >= 0.3 is 0 Å². The van der Waals surface area contributed by atoms with Crippen molar-refractivity contribution in [2.75, 3.05) is 13.2 Å². The molecule has 1 aliphatic heterocycles. The van der Waals surface area contributed by atoms with Gasteiger partial charge in [0.2, 0.25) is 0 Å². The van der Waals surface area contributed by atoms with E-state index in [2.05, 4.69) is 6.92 Å². The third kappa shape index (κ3) is 11.8. The molecule has 2 unspecified atom stereocenters. The molecule has 1 aliphatic rings. The summed E-state index contributed by atoms with van der Waals surface area (Å²) in [6.45, 7) is 3.62. The molecule has 0 spiro atoms. The van der Waals surface area contributed by atoms with Crippen LogP contribution in [0.4, 0.5) is 0 Å². The number of ether oxygens (including phenoxy) is 2. The third-order valence-corrected chi connectivity index (χ3v) is 6.84. The van der Waals surface area contributed by atoms with Crippen LogP contribution in [0, 0.1) is 5.92 Å². The Bertz CT molecular complexity index is 468. The second kappa shape index (κ2) is 18.0. The molecular weight excluding hydrogens is 426 g/mol. The molecule has 8 atom stereocenters. The lowest BCUT2D eigenvalue weighted by Gasteiger charge is -2.40. The zero-order chi connectivity index (χ0) is 24.6. The number of nitrogens with two attached hydrogens (primary N) is 1. The fourth-order valence-electron chi connectivity index (χ4n) is 4.41. The van der Waals surface area contributed by atoms with E-state index in [0.29, 0.717) is 0 Å². The lowest BCUT2D eigenvalue weighted by molar-refractivity contribution is -0.302. The van der Waals surface area contributed by atoms with Crippen LogP contribution in [0.3, 0.4) is 0 Å². The van der Waals surface area contributed by atoms with Gasteiger partial charge in [-0.1, -0.05) is 90.9 Å². The van der Waals surface area contributed by atoms with E-state index in [0.717, 1.165) is 19.3 Å². The summed E-state index contributed by atoms with van der Waals surface area (Å²) in [5.74, 6) is 0.0153. The van der Waals surface area contributed by atoms with Crippen LogP contribution in [0.5, 0.6) is 0 Å². The number of hydrogen-bond donors (Lipinski definition) is 6. The van der Waals surface area contributed by atoms with Crippen molar-refractivity contribution in [2.45, 2.75) is 140 Å². The van der Waals surface area contributed by atoms with Crippen LogP contribution in [0.25, 0.3) is 0 Å². The summed E-state index contributed by atoms with van der Waals surface area (Å²) in [4.78, 5) is 0. The Morgan fingerprint density at radius 1 is 0.818 bits per heavy atom. The Morgan fingerprint density at radius 2 is 1.33 bits per heavy atom. The van der Waals surface area contributed by atoms with Gasteiger partial charge in [0.1, 0.15) is 24.4 Å². The van der Waals surface area contributed by atoms with E-state index in [9.17, 15) is 25.5 Å². The van der Waals surface area contributed by atoms with E-state index in [1.807, 2.05) is 6.92 Å². The Kier molecular flexibility index (Phi) is 16.8. The molecule has 0 aromatic rings. The van der Waals surface area contributed by atoms with Crippen molar-refractivity contribution >= 4 is 0 Å². The second-order valence-electron chi connectivity index (χ2n) is 9.84. The highest BCUT2D eigenvalue weighted by atomic mass is 16.7. The van der Waals surface area contributed by atoms with Crippen molar-refractivity contribution in [3.63, 3.8) is 0 Å². The van der Waals surface area contributed by atoms with Gasteiger partial charge in [-0.3, -0.25) is 0 Å². The Balaban J connectivity index is 2.12. The van der Waals surface area contributed by atoms with Gasteiger partial charge in [0.25, 0.3) is 0 Å². The minimum Gasteiger partial charge on any atom is -0.394 e. The van der Waals surface area contributed by atoms with E-state index >= 15 is 0 Å². The Morgan fingerprint density at radius 3 is 1.85 bits per heavy atom. The lowest BCUT2D eigenvalue weighted by Crippen LogP contribution is -2.59. The summed E-state index contributed by atoms with van der Waals surface area (Å²) in [6.07, 6.45) is 8.98. The van der Waals surface area contributed by atoms with Gasteiger partial charge in [-0.05, 0) is 12.3 Å². The van der Waals surface area contributed by atoms with Crippen LogP contribution in [0.2, 0.25) is 0 Å². The first kappa shape index (κ1) is 30.7. The van der Waals surface area contributed by atoms with Crippen LogP contribution >= 0.6 is 0 Å². The second-order valence-corrected chi connectivity index (χ2v) is 9.84. The number of aliphatic hydroxyl groups excluding tert-OH is 5. The van der Waals surface area contributed by atoms with E-state index in [-0.39, 0.29) is 12.5 Å². The minimum atomic E-state index is -1.49. The highest BCUT2D eigenvalue weighted by Crippen LogP contribution is 2.23. The largest absolute Gasteiger partial charge is 0.394 e. The van der Waals surface area contributed by atoms with Crippen molar-refractivity contribution in [2.24, 2.45) is 11.7 Å². The highest BCUT2D eigenvalue weighted by molar-refractivity contribution is 4.89. The molecule has 0 radical (unpaired) electrons. The summed E-state index contributed by atoms with van der Waals surface area (Å²) in [5.41, 5.74) is 6.07. The predicted molar refractivity (Wildman–Crippen MR) is 129 cm³/mol. The maximum absolute atomic E-state index is 10.5. The molecule has 0 bridgehead atoms. The van der Waals surface area contributed by atoms with Crippen molar-refractivity contribution < 1.29 is 35.0 Å². The fourth-order valence-corrected chi connectivity index (χ4v) is 4.41. The quantitative estimate of drug-likeness (QED) is 0.155. The topological polar surface area (TPSA) is 146 Å². The van der Waals surface area contributed by atoms with Crippen molar-refractivity contribution in [3.05, 3.63) is 0 Å². The molecule has 198 valence electrons. The smallest absolute Gasteiger partial charge is 0.186 e. The predicted octanol–water partition coefficient (Wildman–Crippen LogP) is 2.22. The SMILES string of the molecule is CCCCCCCCCCCCCC[C@@H](C)[C@@H](O)[C@@H](N)CO[C@H]1OC(CO)[C@H](O)[C@H](O)C1O. The molecule has 1 saturated heterocycles. The summed E-state index contributed by atoms with van der Waals surface area (Å²) in [7, 11) is 0. The molecule has 0 aliphatic carbocycles. The Labute approximate surface area is 200 Å². The molecule has 1 fully saturated rings. The highest BCUT2D eigenvalue weighted by Gasteiger charge is 2.44. The molecule has 1 heterocycles. The lowest BCUT2D eigenvalue weighted by atomic mass is 9.92. The molecular formula is C25H51NO7. The molecule has 7 N–H and O–H groups in total. The van der Waals surface area contributed by atoms with E-state index in [4.69, 9.17) is 15.2 Å². The molecule has 0 aromatic heterocycles. The summed E-state index contributed by atoms with van der Waals surface area (Å²) >= 11 is 0. The monoisotopic (exact) mass is 477 g/mol. The summed E-state index contributed by atoms with van der Waals surface area (Å²) in [5, 5.41) is 49.4. The first-order valence-electron chi connectivity index (χ1n) is 13.2. The average Bonchev–Trinajstić information content (AvgIpc) is 2.82. The van der Waals surface area contributed by atoms with E-state index in [1.54, 1.807) is 0 Å². The number of rotatable bonds is 19. The molecule has 8 nitrogen and oxygen atoms in total. The van der Waals surface area contributed by atoms with E-state index in [1.165, 1.54) is 64.2 Å². The zero-order valence-electron chi connectivity index (χ0n) is 20.9. The molecule has 8 heteroatoms. The van der Waals surface area contributed by atoms with Gasteiger partial charge in [-0.2, -0.15) is 0 Å². The van der Waals surface area contributed by atoms with Crippen LogP contribution in [-0.4, -0.2) is 81.6 Å². The maximum Gasteiger partial charge on any atom is 0.186 e. The van der Waals surface area contributed by atoms with Crippen LogP contribution in [0.1, 0.15) is 97.3 Å². The van der Waals surface area contributed by atoms with Crippen molar-refractivity contribution in [1.29, 1.82) is 0 Å². The van der Waals surface area contributed by atoms with Crippen molar-refractivity contribution in [1.82, 2.24) is 0 Å². The third-order valence-electron chi connectivity index (χ3n) is 6.84. The molecule has 0 aromatic carbocycles. The van der Waals surface area contributed by atoms with E-state index < -0.39 is 49.5 Å². The number of unbranched alkanes of at least 4 members (excludes halogenated alkanes) is 11. The van der Waals surface area contributed by atoms with Gasteiger partial charge in [0, 0.05) is 0 Å². The van der Waals surface area contributed by atoms with Gasteiger partial charge in [-0.25, -0.2) is 0 Å². The summed E-state index contributed by atoms with van der Waals surface area (Å²) in [6, 6.07) is -0.676. The standard InChI is InChI=1S/C25H51NO7/c1-3-4-5-6-7-8-9-10-11-12-13-14-15-18(2)21(28)19(26)17-32-25-24(31)23(30)22(29)20(16-27)33-25/h18-25,27-31H,3-17,26H2,1-2H3/t18-,19+,20?,21-,22+,23+,24?,25+/m1/s1. The normalized spacial score (nSPS) is 28.5.